The Morgan fingerprint density at radius 2 is 1.86 bits per heavy atom. The smallest absolute Gasteiger partial charge is 0.312 e. The number of aliphatic imine (C=N–C) groups is 1. The van der Waals surface area contributed by atoms with Crippen molar-refractivity contribution in [1.82, 2.24) is 19.4 Å². The monoisotopic (exact) mass is 370 g/mol. The lowest BCUT2D eigenvalue weighted by atomic mass is 10.1. The molecule has 3 aliphatic rings. The fourth-order valence-corrected chi connectivity index (χ4v) is 4.27. The highest BCUT2D eigenvalue weighted by molar-refractivity contribution is 6.01. The molecule has 3 aromatic rings. The van der Waals surface area contributed by atoms with Crippen LogP contribution >= 0.6 is 0 Å². The first-order chi connectivity index (χ1) is 13.8. The van der Waals surface area contributed by atoms with Gasteiger partial charge in [-0.1, -0.05) is 12.2 Å². The molecule has 7 heteroatoms. The summed E-state index contributed by atoms with van der Waals surface area (Å²) in [6.07, 6.45) is 9.13. The fraction of sp³-hybridized carbons (Fsp3) is 0.190. The third kappa shape index (κ3) is 2.13. The topological polar surface area (TPSA) is 69.5 Å². The number of hydrogen-bond acceptors (Lipinski definition) is 5. The van der Waals surface area contributed by atoms with Crippen LogP contribution in [0.4, 0.5) is 5.69 Å². The molecule has 2 aliphatic heterocycles. The van der Waals surface area contributed by atoms with Gasteiger partial charge < -0.3 is 14.8 Å². The van der Waals surface area contributed by atoms with Crippen molar-refractivity contribution < 1.29 is 0 Å². The van der Waals surface area contributed by atoms with Crippen LogP contribution in [0.1, 0.15) is 6.42 Å². The van der Waals surface area contributed by atoms with Gasteiger partial charge in [-0.15, -0.1) is 0 Å². The van der Waals surface area contributed by atoms with E-state index in [1.165, 1.54) is 5.70 Å². The first-order valence-electron chi connectivity index (χ1n) is 9.45. The number of imidazole rings is 1. The molecule has 7 nitrogen and oxygen atoms in total. The Labute approximate surface area is 160 Å². The van der Waals surface area contributed by atoms with Crippen molar-refractivity contribution in [2.24, 2.45) is 4.99 Å². The van der Waals surface area contributed by atoms with Crippen molar-refractivity contribution in [3.05, 3.63) is 77.0 Å². The number of aromatic nitrogens is 3. The number of anilines is 1. The van der Waals surface area contributed by atoms with Gasteiger partial charge in [-0.2, -0.15) is 0 Å². The van der Waals surface area contributed by atoms with E-state index in [0.717, 1.165) is 42.4 Å². The molecule has 0 spiro atoms. The van der Waals surface area contributed by atoms with Crippen LogP contribution in [0.3, 0.4) is 0 Å². The molecule has 0 amide bonds. The maximum atomic E-state index is 12.4. The van der Waals surface area contributed by atoms with Crippen molar-refractivity contribution in [2.45, 2.75) is 12.5 Å². The minimum Gasteiger partial charge on any atom is -0.312 e. The summed E-state index contributed by atoms with van der Waals surface area (Å²) in [7, 11) is 0. The number of pyridine rings is 1. The summed E-state index contributed by atoms with van der Waals surface area (Å²) in [5, 5.41) is 0. The minimum absolute atomic E-state index is 0.183. The number of hydrogen-bond donors (Lipinski definition) is 1. The summed E-state index contributed by atoms with van der Waals surface area (Å²) >= 11 is 0. The largest absolute Gasteiger partial charge is 0.332 e. The number of allylic oxidation sites excluding steroid dienone is 2. The van der Waals surface area contributed by atoms with E-state index in [2.05, 4.69) is 38.0 Å². The van der Waals surface area contributed by atoms with Crippen molar-refractivity contribution >= 4 is 22.8 Å². The predicted octanol–water partition coefficient (Wildman–Crippen LogP) is 2.42. The number of fused-ring (bicyclic) bond motifs is 4. The van der Waals surface area contributed by atoms with E-state index >= 15 is 0 Å². The Kier molecular flexibility index (Phi) is 3.14. The number of benzene rings is 1. The van der Waals surface area contributed by atoms with Crippen LogP contribution in [-0.4, -0.2) is 44.5 Å². The predicted molar refractivity (Wildman–Crippen MR) is 109 cm³/mol. The first kappa shape index (κ1) is 15.4. The molecule has 1 fully saturated rings. The van der Waals surface area contributed by atoms with Gasteiger partial charge in [0.15, 0.2) is 5.65 Å². The summed E-state index contributed by atoms with van der Waals surface area (Å²) in [6, 6.07) is 11.9. The van der Waals surface area contributed by atoms with Gasteiger partial charge in [-0.25, -0.2) is 19.3 Å². The highest BCUT2D eigenvalue weighted by atomic mass is 16.1. The normalized spacial score (nSPS) is 20.4. The van der Waals surface area contributed by atoms with E-state index < -0.39 is 0 Å². The lowest BCUT2D eigenvalue weighted by molar-refractivity contribution is 0.546. The van der Waals surface area contributed by atoms with Gasteiger partial charge in [-0.05, 0) is 48.9 Å². The summed E-state index contributed by atoms with van der Waals surface area (Å²) < 4.78 is 1.60. The highest BCUT2D eigenvalue weighted by Crippen LogP contribution is 2.33. The Balaban J connectivity index is 1.35. The maximum absolute atomic E-state index is 12.4. The van der Waals surface area contributed by atoms with Gasteiger partial charge >= 0.3 is 5.69 Å². The molecule has 0 radical (unpaired) electrons. The van der Waals surface area contributed by atoms with Crippen LogP contribution in [0.5, 0.6) is 0 Å². The van der Waals surface area contributed by atoms with E-state index in [1.54, 1.807) is 10.8 Å². The van der Waals surface area contributed by atoms with Crippen LogP contribution in [0, 0.1) is 0 Å². The number of nitrogens with one attached hydrogen (secondary N) is 1. The average molecular weight is 370 g/mol. The zero-order valence-corrected chi connectivity index (χ0v) is 15.1. The third-order valence-corrected chi connectivity index (χ3v) is 5.58. The molecule has 2 aromatic heterocycles. The second-order valence-electron chi connectivity index (χ2n) is 7.16. The van der Waals surface area contributed by atoms with Crippen LogP contribution in [-0.2, 0) is 0 Å². The summed E-state index contributed by atoms with van der Waals surface area (Å²) in [6.45, 7) is 1.85. The van der Waals surface area contributed by atoms with Crippen LogP contribution < -0.4 is 10.6 Å². The molecule has 0 saturated carbocycles. The number of aromatic amines is 1. The maximum Gasteiger partial charge on any atom is 0.332 e. The number of rotatable bonds is 2. The van der Waals surface area contributed by atoms with Gasteiger partial charge in [-0.3, -0.25) is 0 Å². The Bertz CT molecular complexity index is 1230. The quantitative estimate of drug-likeness (QED) is 0.752. The fourth-order valence-electron chi connectivity index (χ4n) is 4.27. The third-order valence-electron chi connectivity index (χ3n) is 5.58. The second-order valence-corrected chi connectivity index (χ2v) is 7.16. The highest BCUT2D eigenvalue weighted by Gasteiger charge is 2.38. The van der Waals surface area contributed by atoms with Gasteiger partial charge in [0, 0.05) is 30.7 Å². The van der Waals surface area contributed by atoms with E-state index in [0.29, 0.717) is 5.65 Å². The number of H-pyrrole nitrogens is 1. The van der Waals surface area contributed by atoms with Crippen LogP contribution in [0.15, 0.2) is 76.3 Å². The van der Waals surface area contributed by atoms with Gasteiger partial charge in [0.1, 0.15) is 0 Å². The van der Waals surface area contributed by atoms with Crippen molar-refractivity contribution in [1.29, 1.82) is 0 Å². The molecule has 1 aromatic carbocycles. The van der Waals surface area contributed by atoms with Gasteiger partial charge in [0.05, 0.1) is 17.2 Å². The standard InChI is InChI=1S/C21H18N6O/c28-21-24-17-5-3-11-22-19(17)27(21)15-9-7-14(8-10-15)25-12-13-26-18-6-2-1-4-16(18)23-20(25)26/h1-3,5-11,16H,4,12-13H2,(H,24,28). The molecule has 1 N–H and O–H groups in total. The Hall–Kier alpha value is -3.61. The molecule has 1 unspecified atom stereocenters. The average Bonchev–Trinajstić information content (AvgIpc) is 3.39. The Morgan fingerprint density at radius 1 is 1.04 bits per heavy atom. The summed E-state index contributed by atoms with van der Waals surface area (Å²) in [5.41, 5.74) is 4.36. The Morgan fingerprint density at radius 3 is 2.75 bits per heavy atom. The lowest BCUT2D eigenvalue weighted by Crippen LogP contribution is -2.29. The second kappa shape index (κ2) is 5.69. The zero-order valence-electron chi connectivity index (χ0n) is 15.1. The van der Waals surface area contributed by atoms with E-state index in [9.17, 15) is 4.79 Å². The molecule has 6 rings (SSSR count). The van der Waals surface area contributed by atoms with Gasteiger partial charge in [0.2, 0.25) is 5.96 Å². The van der Waals surface area contributed by atoms with Crippen LogP contribution in [0.25, 0.3) is 16.9 Å². The van der Waals surface area contributed by atoms with Crippen molar-refractivity contribution in [3.8, 4) is 5.69 Å². The van der Waals surface area contributed by atoms with Crippen molar-refractivity contribution in [3.63, 3.8) is 0 Å². The van der Waals surface area contributed by atoms with E-state index in [4.69, 9.17) is 4.99 Å². The molecule has 1 aliphatic carbocycles. The van der Waals surface area contributed by atoms with E-state index in [-0.39, 0.29) is 11.7 Å². The summed E-state index contributed by atoms with van der Waals surface area (Å²) in [5.74, 6) is 1.03. The molecule has 28 heavy (non-hydrogen) atoms. The molecular formula is C21H18N6O. The van der Waals surface area contributed by atoms with E-state index in [1.807, 2.05) is 36.4 Å². The molecule has 1 atom stereocenters. The van der Waals surface area contributed by atoms with Crippen LogP contribution in [0.2, 0.25) is 0 Å². The minimum atomic E-state index is -0.183. The molecule has 138 valence electrons. The number of nitrogens with zero attached hydrogens (tertiary/aromatic N) is 5. The first-order valence-corrected chi connectivity index (χ1v) is 9.45. The SMILES string of the molecule is O=c1[nH]c2cccnc2n1-c1ccc(N2CCN3C4=CC=CCC4N=C32)cc1. The van der Waals surface area contributed by atoms with Crippen molar-refractivity contribution in [2.75, 3.05) is 18.0 Å². The molecule has 4 heterocycles. The van der Waals surface area contributed by atoms with Gasteiger partial charge in [0.25, 0.3) is 0 Å². The summed E-state index contributed by atoms with van der Waals surface area (Å²) in [4.78, 5) is 29.1. The molecule has 1 saturated heterocycles. The molecule has 0 bridgehead atoms. The zero-order chi connectivity index (χ0) is 18.7. The lowest BCUT2D eigenvalue weighted by Gasteiger charge is -2.20. The molecular weight excluding hydrogens is 352 g/mol. The number of guanidine groups is 1.